The van der Waals surface area contributed by atoms with Crippen molar-refractivity contribution >= 4 is 5.96 Å². The topological polar surface area (TPSA) is 42.9 Å². The van der Waals surface area contributed by atoms with Crippen molar-refractivity contribution in [3.05, 3.63) is 48.6 Å². The number of hydrogen-bond acceptors (Lipinski definition) is 3. The van der Waals surface area contributed by atoms with Crippen molar-refractivity contribution in [3.8, 4) is 0 Å². The zero-order valence-electron chi connectivity index (χ0n) is 18.0. The van der Waals surface area contributed by atoms with Gasteiger partial charge in [-0.15, -0.1) is 6.58 Å². The average molecular weight is 386 g/mol. The van der Waals surface area contributed by atoms with Crippen LogP contribution in [0, 0.1) is 0 Å². The lowest BCUT2D eigenvalue weighted by molar-refractivity contribution is 0.225. The Labute approximate surface area is 171 Å². The van der Waals surface area contributed by atoms with Crippen molar-refractivity contribution < 1.29 is 0 Å². The third-order valence-corrected chi connectivity index (χ3v) is 5.50. The maximum atomic E-state index is 4.83. The van der Waals surface area contributed by atoms with Crippen LogP contribution < -0.4 is 10.6 Å². The minimum atomic E-state index is 0.494. The minimum absolute atomic E-state index is 0.494. The molecule has 1 atom stereocenters. The molecular weight excluding hydrogens is 346 g/mol. The van der Waals surface area contributed by atoms with Crippen LogP contribution in [0.1, 0.15) is 38.7 Å². The number of nitrogens with zero attached hydrogens (tertiary/aromatic N) is 3. The average Bonchev–Trinajstić information content (AvgIpc) is 2.70. The van der Waals surface area contributed by atoms with E-state index in [1.165, 1.54) is 5.56 Å². The Balaban J connectivity index is 1.76. The number of aliphatic imine (C=N–C) groups is 1. The normalized spacial score (nSPS) is 17.5. The fraction of sp³-hybridized carbons (Fsp3) is 0.609. The number of rotatable bonds is 10. The fourth-order valence-corrected chi connectivity index (χ4v) is 3.57. The molecule has 1 heterocycles. The van der Waals surface area contributed by atoms with Gasteiger partial charge >= 0.3 is 0 Å². The summed E-state index contributed by atoms with van der Waals surface area (Å²) in [5, 5.41) is 7.04. The van der Waals surface area contributed by atoms with E-state index in [0.29, 0.717) is 12.1 Å². The van der Waals surface area contributed by atoms with E-state index in [2.05, 4.69) is 78.2 Å². The molecule has 1 saturated heterocycles. The SMILES string of the molecule is C=CCN1CCC(NC(=NCCC(C)N(C)Cc2ccccc2)NCC)CC1. The summed E-state index contributed by atoms with van der Waals surface area (Å²) in [6.45, 7) is 14.2. The minimum Gasteiger partial charge on any atom is -0.357 e. The second-order valence-corrected chi connectivity index (χ2v) is 7.81. The van der Waals surface area contributed by atoms with Gasteiger partial charge < -0.3 is 10.6 Å². The molecule has 0 amide bonds. The Morgan fingerprint density at radius 3 is 2.68 bits per heavy atom. The summed E-state index contributed by atoms with van der Waals surface area (Å²) in [5.74, 6) is 0.961. The van der Waals surface area contributed by atoms with E-state index in [-0.39, 0.29) is 0 Å². The second kappa shape index (κ2) is 12.6. The van der Waals surface area contributed by atoms with Crippen LogP contribution in [0.5, 0.6) is 0 Å². The van der Waals surface area contributed by atoms with Gasteiger partial charge in [0.25, 0.3) is 0 Å². The molecule has 0 bridgehead atoms. The lowest BCUT2D eigenvalue weighted by atomic mass is 10.1. The zero-order valence-corrected chi connectivity index (χ0v) is 18.0. The summed E-state index contributed by atoms with van der Waals surface area (Å²) in [5.41, 5.74) is 1.36. The van der Waals surface area contributed by atoms with Crippen molar-refractivity contribution in [1.82, 2.24) is 20.4 Å². The van der Waals surface area contributed by atoms with E-state index in [4.69, 9.17) is 4.99 Å². The molecule has 1 fully saturated rings. The molecule has 0 spiro atoms. The van der Waals surface area contributed by atoms with Crippen LogP contribution in [0.25, 0.3) is 0 Å². The molecule has 5 heteroatoms. The first-order chi connectivity index (χ1) is 13.6. The molecule has 1 aliphatic heterocycles. The predicted molar refractivity (Wildman–Crippen MR) is 121 cm³/mol. The number of piperidine rings is 1. The summed E-state index contributed by atoms with van der Waals surface area (Å²) >= 11 is 0. The Morgan fingerprint density at radius 2 is 2.04 bits per heavy atom. The molecule has 28 heavy (non-hydrogen) atoms. The Kier molecular flexibility index (Phi) is 10.1. The van der Waals surface area contributed by atoms with E-state index in [1.807, 2.05) is 6.08 Å². The van der Waals surface area contributed by atoms with E-state index in [1.54, 1.807) is 0 Å². The lowest BCUT2D eigenvalue weighted by Crippen LogP contribution is -2.48. The summed E-state index contributed by atoms with van der Waals surface area (Å²) in [7, 11) is 2.20. The van der Waals surface area contributed by atoms with Gasteiger partial charge in [0, 0.05) is 51.4 Å². The lowest BCUT2D eigenvalue weighted by Gasteiger charge is -2.32. The van der Waals surface area contributed by atoms with Gasteiger partial charge in [0.1, 0.15) is 0 Å². The maximum absolute atomic E-state index is 4.83. The van der Waals surface area contributed by atoms with Crippen molar-refractivity contribution in [2.24, 2.45) is 4.99 Å². The van der Waals surface area contributed by atoms with Gasteiger partial charge in [-0.05, 0) is 45.7 Å². The Bertz CT molecular complexity index is 578. The highest BCUT2D eigenvalue weighted by Crippen LogP contribution is 2.11. The van der Waals surface area contributed by atoms with Crippen LogP contribution in [-0.4, -0.2) is 67.6 Å². The molecule has 1 aromatic carbocycles. The van der Waals surface area contributed by atoms with Crippen molar-refractivity contribution in [2.45, 2.75) is 51.7 Å². The first kappa shape index (κ1) is 22.4. The number of nitrogens with one attached hydrogen (secondary N) is 2. The molecule has 5 nitrogen and oxygen atoms in total. The van der Waals surface area contributed by atoms with Crippen LogP contribution in [0.4, 0.5) is 0 Å². The van der Waals surface area contributed by atoms with E-state index in [9.17, 15) is 0 Å². The molecule has 2 rings (SSSR count). The third-order valence-electron chi connectivity index (χ3n) is 5.50. The van der Waals surface area contributed by atoms with Crippen LogP contribution in [0.3, 0.4) is 0 Å². The van der Waals surface area contributed by atoms with Gasteiger partial charge in [0.05, 0.1) is 0 Å². The Morgan fingerprint density at radius 1 is 1.32 bits per heavy atom. The maximum Gasteiger partial charge on any atom is 0.191 e. The van der Waals surface area contributed by atoms with E-state index in [0.717, 1.165) is 64.5 Å². The number of guanidine groups is 1. The van der Waals surface area contributed by atoms with Crippen LogP contribution in [0.15, 0.2) is 48.0 Å². The molecule has 1 aliphatic rings. The first-order valence-electron chi connectivity index (χ1n) is 10.7. The largest absolute Gasteiger partial charge is 0.357 e. The van der Waals surface area contributed by atoms with Gasteiger partial charge in [-0.2, -0.15) is 0 Å². The van der Waals surface area contributed by atoms with Crippen LogP contribution in [-0.2, 0) is 6.54 Å². The number of likely N-dealkylation sites (tertiary alicyclic amines) is 1. The summed E-state index contributed by atoms with van der Waals surface area (Å²) in [4.78, 5) is 9.69. The quantitative estimate of drug-likeness (QED) is 0.369. The number of benzene rings is 1. The molecule has 0 radical (unpaired) electrons. The standard InChI is InChI=1S/C23H39N5/c1-5-16-28-17-13-22(14-18-28)26-23(24-6-2)25-15-12-20(3)27(4)19-21-10-8-7-9-11-21/h5,7-11,20,22H,1,6,12-19H2,2-4H3,(H2,24,25,26). The van der Waals surface area contributed by atoms with Gasteiger partial charge in [-0.3, -0.25) is 14.8 Å². The molecular formula is C23H39N5. The van der Waals surface area contributed by atoms with Gasteiger partial charge in [-0.25, -0.2) is 0 Å². The predicted octanol–water partition coefficient (Wildman–Crippen LogP) is 3.10. The van der Waals surface area contributed by atoms with Gasteiger partial charge in [-0.1, -0.05) is 36.4 Å². The summed E-state index contributed by atoms with van der Waals surface area (Å²) in [6, 6.07) is 11.7. The molecule has 0 saturated carbocycles. The third kappa shape index (κ3) is 8.03. The van der Waals surface area contributed by atoms with Crippen LogP contribution >= 0.6 is 0 Å². The highest BCUT2D eigenvalue weighted by atomic mass is 15.2. The summed E-state index contributed by atoms with van der Waals surface area (Å²) in [6.07, 6.45) is 5.37. The smallest absolute Gasteiger partial charge is 0.191 e. The monoisotopic (exact) mass is 385 g/mol. The van der Waals surface area contributed by atoms with Crippen LogP contribution in [0.2, 0.25) is 0 Å². The van der Waals surface area contributed by atoms with Crippen molar-refractivity contribution in [2.75, 3.05) is 39.8 Å². The molecule has 2 N–H and O–H groups in total. The molecule has 0 aliphatic carbocycles. The van der Waals surface area contributed by atoms with E-state index < -0.39 is 0 Å². The summed E-state index contributed by atoms with van der Waals surface area (Å²) < 4.78 is 0. The van der Waals surface area contributed by atoms with Crippen molar-refractivity contribution in [3.63, 3.8) is 0 Å². The fourth-order valence-electron chi connectivity index (χ4n) is 3.57. The molecule has 1 unspecified atom stereocenters. The second-order valence-electron chi connectivity index (χ2n) is 7.81. The highest BCUT2D eigenvalue weighted by molar-refractivity contribution is 5.80. The first-order valence-corrected chi connectivity index (χ1v) is 10.7. The Hall–Kier alpha value is -1.85. The van der Waals surface area contributed by atoms with Gasteiger partial charge in [0.15, 0.2) is 5.96 Å². The molecule has 1 aromatic rings. The highest BCUT2D eigenvalue weighted by Gasteiger charge is 2.19. The van der Waals surface area contributed by atoms with Crippen molar-refractivity contribution in [1.29, 1.82) is 0 Å². The van der Waals surface area contributed by atoms with Gasteiger partial charge in [0.2, 0.25) is 0 Å². The zero-order chi connectivity index (χ0) is 20.2. The molecule has 156 valence electrons. The van der Waals surface area contributed by atoms with E-state index >= 15 is 0 Å². The molecule has 0 aromatic heterocycles. The number of hydrogen-bond donors (Lipinski definition) is 2.